The molecule has 132 valence electrons. The molecule has 0 atom stereocenters. The highest BCUT2D eigenvalue weighted by atomic mass is 16.4. The Labute approximate surface area is 144 Å². The lowest BCUT2D eigenvalue weighted by atomic mass is 9.90. The number of hydrogen-bond acceptors (Lipinski definition) is 4. The molecule has 1 saturated carbocycles. The molecule has 1 amide bonds. The van der Waals surface area contributed by atoms with Crippen LogP contribution < -0.4 is 10.9 Å². The molecule has 0 radical (unpaired) electrons. The van der Waals surface area contributed by atoms with Crippen molar-refractivity contribution in [3.8, 4) is 11.5 Å². The van der Waals surface area contributed by atoms with Gasteiger partial charge in [0, 0.05) is 0 Å². The third kappa shape index (κ3) is 3.50. The summed E-state index contributed by atoms with van der Waals surface area (Å²) >= 11 is 0. The van der Waals surface area contributed by atoms with Gasteiger partial charge in [-0.25, -0.2) is 4.79 Å². The fourth-order valence-corrected chi connectivity index (χ4v) is 3.24. The Kier molecular flexibility index (Phi) is 4.74. The zero-order valence-electron chi connectivity index (χ0n) is 13.7. The van der Waals surface area contributed by atoms with Crippen molar-refractivity contribution in [1.29, 1.82) is 0 Å². The molecule has 7 nitrogen and oxygen atoms in total. The molecule has 2 aromatic rings. The highest BCUT2D eigenvalue weighted by Crippen LogP contribution is 2.28. The summed E-state index contributed by atoms with van der Waals surface area (Å²) in [4.78, 5) is 39.2. The number of pyridine rings is 1. The largest absolute Gasteiger partial charge is 0.480 e. The quantitative estimate of drug-likeness (QED) is 0.738. The first-order valence-electron chi connectivity index (χ1n) is 8.35. The number of nitrogens with one attached hydrogen (secondary N) is 2. The van der Waals surface area contributed by atoms with Gasteiger partial charge in [-0.2, -0.15) is 0 Å². The third-order valence-corrected chi connectivity index (χ3v) is 4.66. The van der Waals surface area contributed by atoms with E-state index in [1.807, 2.05) is 0 Å². The van der Waals surface area contributed by atoms with E-state index in [9.17, 15) is 19.5 Å². The molecular weight excluding hydrogens is 324 g/mol. The van der Waals surface area contributed by atoms with Crippen LogP contribution in [0.3, 0.4) is 0 Å². The van der Waals surface area contributed by atoms with Crippen molar-refractivity contribution in [2.45, 2.75) is 44.1 Å². The lowest BCUT2D eigenvalue weighted by Gasteiger charge is -2.29. The Bertz CT molecular complexity index is 814. The monoisotopic (exact) mass is 344 g/mol. The number of rotatable bonds is 4. The number of carboxylic acids is 1. The number of carbonyl (C=O) groups is 2. The Hall–Kier alpha value is -2.83. The Morgan fingerprint density at radius 3 is 2.40 bits per heavy atom. The molecule has 0 aromatic carbocycles. The standard InChI is InChI=1S/C18H20N2O5/c21-15-12(7-8-13(19-15)14-6-5-11-25-14)16(22)20-18(17(23)24)9-3-1-2-4-10-18/h5-8,11H,1-4,9-10H2,(H,19,21)(H,20,22)(H,23,24). The molecular formula is C18H20N2O5. The Morgan fingerprint density at radius 2 is 1.84 bits per heavy atom. The molecule has 25 heavy (non-hydrogen) atoms. The van der Waals surface area contributed by atoms with Gasteiger partial charge in [0.2, 0.25) is 0 Å². The first kappa shape index (κ1) is 17.0. The number of aromatic amines is 1. The lowest BCUT2D eigenvalue weighted by Crippen LogP contribution is -2.54. The molecule has 7 heteroatoms. The average molecular weight is 344 g/mol. The van der Waals surface area contributed by atoms with Crippen LogP contribution in [0.5, 0.6) is 0 Å². The minimum absolute atomic E-state index is 0.111. The van der Waals surface area contributed by atoms with E-state index >= 15 is 0 Å². The highest BCUT2D eigenvalue weighted by Gasteiger charge is 2.40. The molecule has 3 N–H and O–H groups in total. The second kappa shape index (κ2) is 6.96. The van der Waals surface area contributed by atoms with Crippen molar-refractivity contribution >= 4 is 11.9 Å². The second-order valence-electron chi connectivity index (χ2n) is 6.35. The molecule has 0 saturated heterocycles. The fourth-order valence-electron chi connectivity index (χ4n) is 3.24. The van der Waals surface area contributed by atoms with Gasteiger partial charge >= 0.3 is 5.97 Å². The van der Waals surface area contributed by atoms with Gasteiger partial charge in [0.15, 0.2) is 0 Å². The number of H-pyrrole nitrogens is 1. The van der Waals surface area contributed by atoms with E-state index in [1.54, 1.807) is 18.2 Å². The number of carbonyl (C=O) groups excluding carboxylic acids is 1. The van der Waals surface area contributed by atoms with Crippen LogP contribution in [0.4, 0.5) is 0 Å². The molecule has 3 rings (SSSR count). The molecule has 0 unspecified atom stereocenters. The van der Waals surface area contributed by atoms with Crippen molar-refractivity contribution in [3.05, 3.63) is 46.4 Å². The number of aliphatic carboxylic acids is 1. The van der Waals surface area contributed by atoms with Crippen LogP contribution in [0, 0.1) is 0 Å². The maximum Gasteiger partial charge on any atom is 0.329 e. The van der Waals surface area contributed by atoms with E-state index in [2.05, 4.69) is 10.3 Å². The van der Waals surface area contributed by atoms with Crippen molar-refractivity contribution in [3.63, 3.8) is 0 Å². The van der Waals surface area contributed by atoms with Crippen LogP contribution in [0.1, 0.15) is 48.9 Å². The maximum atomic E-state index is 12.5. The molecule has 0 bridgehead atoms. The zero-order chi connectivity index (χ0) is 17.9. The molecule has 0 aliphatic heterocycles. The Balaban J connectivity index is 1.85. The summed E-state index contributed by atoms with van der Waals surface area (Å²) in [5.41, 5.74) is -1.55. The molecule has 1 aliphatic carbocycles. The minimum atomic E-state index is -1.31. The summed E-state index contributed by atoms with van der Waals surface area (Å²) in [7, 11) is 0. The van der Waals surface area contributed by atoms with Crippen molar-refractivity contribution in [2.75, 3.05) is 0 Å². The van der Waals surface area contributed by atoms with Gasteiger partial charge in [0.25, 0.3) is 11.5 Å². The second-order valence-corrected chi connectivity index (χ2v) is 6.35. The Morgan fingerprint density at radius 1 is 1.12 bits per heavy atom. The molecule has 2 heterocycles. The van der Waals surface area contributed by atoms with E-state index in [0.717, 1.165) is 25.7 Å². The van der Waals surface area contributed by atoms with E-state index < -0.39 is 23.0 Å². The van der Waals surface area contributed by atoms with Gasteiger partial charge in [-0.1, -0.05) is 25.7 Å². The van der Waals surface area contributed by atoms with Crippen LogP contribution in [-0.4, -0.2) is 27.5 Å². The smallest absolute Gasteiger partial charge is 0.329 e. The number of amides is 1. The van der Waals surface area contributed by atoms with Gasteiger partial charge in [-0.15, -0.1) is 0 Å². The molecule has 0 spiro atoms. The van der Waals surface area contributed by atoms with E-state index in [0.29, 0.717) is 24.3 Å². The van der Waals surface area contributed by atoms with Crippen molar-refractivity contribution in [2.24, 2.45) is 0 Å². The van der Waals surface area contributed by atoms with Crippen molar-refractivity contribution < 1.29 is 19.1 Å². The zero-order valence-corrected chi connectivity index (χ0v) is 13.7. The number of hydrogen-bond donors (Lipinski definition) is 3. The molecule has 1 fully saturated rings. The fraction of sp³-hybridized carbons (Fsp3) is 0.389. The normalized spacial score (nSPS) is 16.8. The minimum Gasteiger partial charge on any atom is -0.480 e. The van der Waals surface area contributed by atoms with Gasteiger partial charge in [0.1, 0.15) is 16.9 Å². The maximum absolute atomic E-state index is 12.5. The third-order valence-electron chi connectivity index (χ3n) is 4.66. The highest BCUT2D eigenvalue weighted by molar-refractivity contribution is 5.97. The summed E-state index contributed by atoms with van der Waals surface area (Å²) in [6.45, 7) is 0. The molecule has 2 aromatic heterocycles. The summed E-state index contributed by atoms with van der Waals surface area (Å²) in [5.74, 6) is -1.24. The topological polar surface area (TPSA) is 112 Å². The predicted molar refractivity (Wildman–Crippen MR) is 90.3 cm³/mol. The van der Waals surface area contributed by atoms with Crippen LogP contribution in [0.15, 0.2) is 39.7 Å². The number of aromatic nitrogens is 1. The average Bonchev–Trinajstić information content (AvgIpc) is 3.01. The first-order valence-corrected chi connectivity index (χ1v) is 8.35. The SMILES string of the molecule is O=C(NC1(C(=O)O)CCCCCC1)c1ccc(-c2ccco2)[nH]c1=O. The number of furan rings is 1. The number of carboxylic acid groups (broad SMARTS) is 1. The van der Waals surface area contributed by atoms with Crippen LogP contribution in [0.25, 0.3) is 11.5 Å². The lowest BCUT2D eigenvalue weighted by molar-refractivity contribution is -0.145. The molecule has 1 aliphatic rings. The van der Waals surface area contributed by atoms with Gasteiger partial charge in [-0.3, -0.25) is 9.59 Å². The van der Waals surface area contributed by atoms with Crippen molar-refractivity contribution in [1.82, 2.24) is 10.3 Å². The van der Waals surface area contributed by atoms with Crippen LogP contribution >= 0.6 is 0 Å². The summed E-state index contributed by atoms with van der Waals surface area (Å²) in [5, 5.41) is 12.2. The summed E-state index contributed by atoms with van der Waals surface area (Å²) in [6, 6.07) is 6.33. The van der Waals surface area contributed by atoms with E-state index in [1.165, 1.54) is 12.3 Å². The van der Waals surface area contributed by atoms with Gasteiger partial charge in [-0.05, 0) is 37.1 Å². The van der Waals surface area contributed by atoms with Gasteiger partial charge in [0.05, 0.1) is 12.0 Å². The summed E-state index contributed by atoms with van der Waals surface area (Å²) in [6.07, 6.45) is 5.59. The van der Waals surface area contributed by atoms with E-state index in [-0.39, 0.29) is 5.56 Å². The first-order chi connectivity index (χ1) is 12.0. The van der Waals surface area contributed by atoms with E-state index in [4.69, 9.17) is 4.42 Å². The summed E-state index contributed by atoms with van der Waals surface area (Å²) < 4.78 is 5.21. The predicted octanol–water partition coefficient (Wildman–Crippen LogP) is 2.54. The van der Waals surface area contributed by atoms with Gasteiger partial charge < -0.3 is 19.8 Å². The van der Waals surface area contributed by atoms with Crippen LogP contribution in [0.2, 0.25) is 0 Å². The van der Waals surface area contributed by atoms with Crippen LogP contribution in [-0.2, 0) is 4.79 Å².